The topological polar surface area (TPSA) is 91.3 Å². The number of unbranched alkanes of at least 4 members (excludes halogenated alkanes) is 25. The van der Waals surface area contributed by atoms with E-state index in [0.717, 1.165) is 44.9 Å². The third kappa shape index (κ3) is 45.8. The van der Waals surface area contributed by atoms with Gasteiger partial charge in [0.05, 0.1) is 34.4 Å². The van der Waals surface area contributed by atoms with Crippen LogP contribution < -0.4 is 0 Å². The number of phosphoric acid groups is 1. The first-order chi connectivity index (χ1) is 28.1. The van der Waals surface area contributed by atoms with E-state index >= 15 is 0 Å². The fourth-order valence-electron chi connectivity index (χ4n) is 6.68. The zero-order valence-electron chi connectivity index (χ0n) is 38.8. The van der Waals surface area contributed by atoms with E-state index in [0.29, 0.717) is 24.1 Å². The Bertz CT molecular complexity index is 1020. The summed E-state index contributed by atoms with van der Waals surface area (Å²) in [5, 5.41) is 0. The minimum absolute atomic E-state index is 0.0884. The van der Waals surface area contributed by atoms with Crippen molar-refractivity contribution in [3.8, 4) is 0 Å². The SMILES string of the molecule is CCCCCCC/C=C\C/C=C\C/C=C\CCCCCCCCCCCOCC(COP(=O)(O)OCC[N+](C)(C)C)OC(=O)CCCCCCCCCCCCCC. The highest BCUT2D eigenvalue weighted by molar-refractivity contribution is 7.47. The van der Waals surface area contributed by atoms with Crippen LogP contribution in [-0.2, 0) is 27.9 Å². The van der Waals surface area contributed by atoms with Crippen LogP contribution >= 0.6 is 7.82 Å². The normalized spacial score (nSPS) is 14.0. The monoisotopic (exact) mass is 841 g/mol. The van der Waals surface area contributed by atoms with E-state index in [2.05, 4.69) is 50.3 Å². The van der Waals surface area contributed by atoms with E-state index in [1.807, 2.05) is 21.1 Å². The number of likely N-dealkylation sites (N-methyl/N-ethyl adjacent to an activating group) is 1. The summed E-state index contributed by atoms with van der Waals surface area (Å²) in [6.45, 7) is 5.62. The molecule has 9 heteroatoms. The fourth-order valence-corrected chi connectivity index (χ4v) is 7.42. The molecule has 0 bridgehead atoms. The number of carbonyl (C=O) groups is 1. The van der Waals surface area contributed by atoms with E-state index < -0.39 is 13.9 Å². The summed E-state index contributed by atoms with van der Waals surface area (Å²) in [5.41, 5.74) is 0. The smallest absolute Gasteiger partial charge is 0.457 e. The second kappa shape index (κ2) is 42.4. The lowest BCUT2D eigenvalue weighted by Gasteiger charge is -2.24. The van der Waals surface area contributed by atoms with Gasteiger partial charge in [-0.1, -0.05) is 192 Å². The molecule has 0 saturated heterocycles. The second-order valence-electron chi connectivity index (χ2n) is 17.5. The Balaban J connectivity index is 4.11. The van der Waals surface area contributed by atoms with E-state index in [1.165, 1.54) is 148 Å². The highest BCUT2D eigenvalue weighted by atomic mass is 31.2. The van der Waals surface area contributed by atoms with Gasteiger partial charge in [0.1, 0.15) is 19.3 Å². The van der Waals surface area contributed by atoms with E-state index in [1.54, 1.807) is 0 Å². The van der Waals surface area contributed by atoms with Crippen molar-refractivity contribution in [1.29, 1.82) is 0 Å². The van der Waals surface area contributed by atoms with Crippen LogP contribution in [0.15, 0.2) is 36.5 Å². The maximum Gasteiger partial charge on any atom is 0.472 e. The van der Waals surface area contributed by atoms with Crippen molar-refractivity contribution in [1.82, 2.24) is 0 Å². The molecule has 1 N–H and O–H groups in total. The molecule has 0 fully saturated rings. The quantitative estimate of drug-likeness (QED) is 0.0215. The largest absolute Gasteiger partial charge is 0.472 e. The van der Waals surface area contributed by atoms with Crippen molar-refractivity contribution < 1.29 is 37.3 Å². The average molecular weight is 841 g/mol. The predicted molar refractivity (Wildman–Crippen MR) is 247 cm³/mol. The molecular weight excluding hydrogens is 746 g/mol. The zero-order chi connectivity index (χ0) is 42.7. The number of allylic oxidation sites excluding steroid dienone is 6. The number of rotatable bonds is 45. The molecule has 0 aliphatic carbocycles. The Labute approximate surface area is 359 Å². The van der Waals surface area contributed by atoms with Gasteiger partial charge in [0.15, 0.2) is 0 Å². The van der Waals surface area contributed by atoms with Gasteiger partial charge in [0.25, 0.3) is 0 Å². The Morgan fingerprint density at radius 2 is 0.948 bits per heavy atom. The van der Waals surface area contributed by atoms with Crippen LogP contribution in [0.3, 0.4) is 0 Å². The summed E-state index contributed by atoms with van der Waals surface area (Å²) in [4.78, 5) is 22.9. The highest BCUT2D eigenvalue weighted by Gasteiger charge is 2.26. The van der Waals surface area contributed by atoms with Crippen LogP contribution in [0.1, 0.15) is 213 Å². The Hall–Kier alpha value is -1.28. The van der Waals surface area contributed by atoms with Gasteiger partial charge < -0.3 is 18.9 Å². The first-order valence-corrected chi connectivity index (χ1v) is 25.7. The third-order valence-electron chi connectivity index (χ3n) is 10.5. The number of carbonyl (C=O) groups excluding carboxylic acids is 1. The van der Waals surface area contributed by atoms with Gasteiger partial charge in [-0.3, -0.25) is 13.8 Å². The van der Waals surface area contributed by atoms with Gasteiger partial charge in [-0.25, -0.2) is 4.57 Å². The summed E-state index contributed by atoms with van der Waals surface area (Å²) >= 11 is 0. The average Bonchev–Trinajstić information content (AvgIpc) is 3.18. The lowest BCUT2D eigenvalue weighted by atomic mass is 10.0. The minimum atomic E-state index is -4.27. The number of hydrogen-bond acceptors (Lipinski definition) is 6. The van der Waals surface area contributed by atoms with Gasteiger partial charge in [0, 0.05) is 13.0 Å². The van der Waals surface area contributed by atoms with Crippen LogP contribution in [0.25, 0.3) is 0 Å². The van der Waals surface area contributed by atoms with E-state index in [9.17, 15) is 14.3 Å². The van der Waals surface area contributed by atoms with Gasteiger partial charge in [-0.05, 0) is 51.4 Å². The minimum Gasteiger partial charge on any atom is -0.457 e. The lowest BCUT2D eigenvalue weighted by molar-refractivity contribution is -0.870. The first-order valence-electron chi connectivity index (χ1n) is 24.2. The molecule has 0 aromatic carbocycles. The van der Waals surface area contributed by atoms with Gasteiger partial charge in [0.2, 0.25) is 0 Å². The number of quaternary nitrogens is 1. The molecule has 2 unspecified atom stereocenters. The lowest BCUT2D eigenvalue weighted by Crippen LogP contribution is -2.37. The number of phosphoric ester groups is 1. The Morgan fingerprint density at radius 1 is 0.534 bits per heavy atom. The molecule has 0 rings (SSSR count). The molecule has 0 heterocycles. The molecule has 342 valence electrons. The van der Waals surface area contributed by atoms with Gasteiger partial charge in [-0.2, -0.15) is 0 Å². The molecule has 8 nitrogen and oxygen atoms in total. The Kier molecular flexibility index (Phi) is 41.5. The molecule has 0 aliphatic heterocycles. The summed E-state index contributed by atoms with van der Waals surface area (Å²) in [6, 6.07) is 0. The summed E-state index contributed by atoms with van der Waals surface area (Å²) in [5.74, 6) is -0.315. The van der Waals surface area contributed by atoms with E-state index in [4.69, 9.17) is 18.5 Å². The zero-order valence-corrected chi connectivity index (χ0v) is 39.7. The van der Waals surface area contributed by atoms with Gasteiger partial charge in [-0.15, -0.1) is 0 Å². The molecule has 0 radical (unpaired) electrons. The molecule has 0 saturated carbocycles. The van der Waals surface area contributed by atoms with Crippen molar-refractivity contribution >= 4 is 13.8 Å². The number of nitrogens with zero attached hydrogens (tertiary/aromatic N) is 1. The fraction of sp³-hybridized carbons (Fsp3) is 0.857. The maximum absolute atomic E-state index is 12.7. The molecule has 0 amide bonds. The van der Waals surface area contributed by atoms with Crippen LogP contribution in [-0.4, -0.2) is 75.6 Å². The highest BCUT2D eigenvalue weighted by Crippen LogP contribution is 2.43. The van der Waals surface area contributed by atoms with Crippen molar-refractivity contribution in [2.75, 3.05) is 54.1 Å². The number of ether oxygens (including phenoxy) is 2. The summed E-state index contributed by atoms with van der Waals surface area (Å²) < 4.78 is 35.0. The molecule has 0 aliphatic rings. The van der Waals surface area contributed by atoms with Crippen molar-refractivity contribution in [3.63, 3.8) is 0 Å². The number of esters is 1. The molecule has 58 heavy (non-hydrogen) atoms. The molecule has 2 atom stereocenters. The van der Waals surface area contributed by atoms with Crippen LogP contribution in [0, 0.1) is 0 Å². The third-order valence-corrected chi connectivity index (χ3v) is 11.4. The van der Waals surface area contributed by atoms with Crippen LogP contribution in [0.4, 0.5) is 0 Å². The van der Waals surface area contributed by atoms with E-state index in [-0.39, 0.29) is 25.8 Å². The standard InChI is InChI=1S/C49H94NO7P/c1-6-8-10-12-14-16-18-20-21-22-23-24-25-26-27-28-29-30-31-33-35-37-39-41-44-54-46-48(47-56-58(52,53)55-45-43-50(3,4)5)57-49(51)42-40-38-36-34-32-19-17-15-13-11-9-7-2/h18,20,22-23,25-26,48H,6-17,19,21,24,27-47H2,1-5H3/p+1/b20-18-,23-22-,26-25-. The predicted octanol–water partition coefficient (Wildman–Crippen LogP) is 14.6. The van der Waals surface area contributed by atoms with Crippen LogP contribution in [0.2, 0.25) is 0 Å². The molecule has 0 spiro atoms. The maximum atomic E-state index is 12.7. The molecular formula is C49H95NO7P+. The summed E-state index contributed by atoms with van der Waals surface area (Å²) in [7, 11) is 1.67. The molecule has 0 aromatic heterocycles. The van der Waals surface area contributed by atoms with Crippen LogP contribution in [0.5, 0.6) is 0 Å². The van der Waals surface area contributed by atoms with Crippen molar-refractivity contribution in [2.45, 2.75) is 219 Å². The van der Waals surface area contributed by atoms with Gasteiger partial charge >= 0.3 is 13.8 Å². The van der Waals surface area contributed by atoms with Crippen molar-refractivity contribution in [3.05, 3.63) is 36.5 Å². The number of hydrogen-bond donors (Lipinski definition) is 1. The molecule has 0 aromatic rings. The second-order valence-corrected chi connectivity index (χ2v) is 19.0. The Morgan fingerprint density at radius 3 is 1.41 bits per heavy atom. The summed E-state index contributed by atoms with van der Waals surface area (Å²) in [6.07, 6.45) is 50.4. The first kappa shape index (κ1) is 56.7. The van der Waals surface area contributed by atoms with Crippen molar-refractivity contribution in [2.24, 2.45) is 0 Å².